The zero-order chi connectivity index (χ0) is 21.6. The van der Waals surface area contributed by atoms with Crippen LogP contribution < -0.4 is 0 Å². The Balaban J connectivity index is 1.51. The van der Waals surface area contributed by atoms with Crippen LogP contribution in [0.3, 0.4) is 0 Å². The van der Waals surface area contributed by atoms with Gasteiger partial charge in [0, 0.05) is 9.89 Å². The van der Waals surface area contributed by atoms with Crippen molar-refractivity contribution in [3.05, 3.63) is 107 Å². The smallest absolute Gasteiger partial charge is 0.0178 e. The molecule has 0 unspecified atom stereocenters. The molecule has 0 aromatic heterocycles. The third kappa shape index (κ3) is 2.32. The molecule has 1 heteroatoms. The first-order valence-corrected chi connectivity index (χ1v) is 11.9. The predicted octanol–water partition coefficient (Wildman–Crippen LogP) is 9.32. The number of rotatable bonds is 1. The molecule has 0 saturated heterocycles. The number of halogens is 1. The largest absolute Gasteiger partial charge is 0.0610 e. The monoisotopic (exact) mass is 472 g/mol. The summed E-state index contributed by atoms with van der Waals surface area (Å²) in [5.41, 5.74) is 8.11. The highest BCUT2D eigenvalue weighted by Gasteiger charge is 2.35. The van der Waals surface area contributed by atoms with Crippen LogP contribution in [0.1, 0.15) is 25.0 Å². The van der Waals surface area contributed by atoms with Crippen molar-refractivity contribution in [1.29, 1.82) is 0 Å². The molecule has 0 N–H and O–H groups in total. The lowest BCUT2D eigenvalue weighted by Gasteiger charge is -2.22. The fraction of sp³-hybridized carbons (Fsp3) is 0.0968. The van der Waals surface area contributed by atoms with Crippen molar-refractivity contribution < 1.29 is 0 Å². The van der Waals surface area contributed by atoms with Crippen molar-refractivity contribution >= 4 is 48.2 Å². The Kier molecular flexibility index (Phi) is 3.57. The number of benzene rings is 6. The van der Waals surface area contributed by atoms with Gasteiger partial charge in [0.25, 0.3) is 0 Å². The molecular weight excluding hydrogens is 452 g/mol. The Labute approximate surface area is 196 Å². The van der Waals surface area contributed by atoms with Crippen LogP contribution in [-0.2, 0) is 5.41 Å². The number of fused-ring (bicyclic) bond motifs is 3. The van der Waals surface area contributed by atoms with Crippen LogP contribution in [0.2, 0.25) is 0 Å². The van der Waals surface area contributed by atoms with Crippen LogP contribution in [0.4, 0.5) is 0 Å². The zero-order valence-corrected chi connectivity index (χ0v) is 19.6. The van der Waals surface area contributed by atoms with E-state index in [0.29, 0.717) is 0 Å². The summed E-state index contributed by atoms with van der Waals surface area (Å²) in [4.78, 5) is 0. The lowest BCUT2D eigenvalue weighted by atomic mass is 9.81. The quantitative estimate of drug-likeness (QED) is 0.209. The second kappa shape index (κ2) is 6.21. The van der Waals surface area contributed by atoms with Gasteiger partial charge in [-0.05, 0) is 83.9 Å². The summed E-state index contributed by atoms with van der Waals surface area (Å²) >= 11 is 3.67. The molecule has 6 aromatic rings. The number of hydrogen-bond acceptors (Lipinski definition) is 0. The fourth-order valence-electron chi connectivity index (χ4n) is 5.86. The van der Waals surface area contributed by atoms with E-state index >= 15 is 0 Å². The number of hydrogen-bond donors (Lipinski definition) is 0. The minimum atomic E-state index is -0.0196. The molecule has 0 nitrogen and oxygen atoms in total. The molecule has 0 heterocycles. The lowest BCUT2D eigenvalue weighted by Crippen LogP contribution is -2.15. The third-order valence-electron chi connectivity index (χ3n) is 7.48. The molecule has 7 rings (SSSR count). The summed E-state index contributed by atoms with van der Waals surface area (Å²) in [6.45, 7) is 4.69. The summed E-state index contributed by atoms with van der Waals surface area (Å²) in [6.07, 6.45) is 0. The molecule has 0 radical (unpaired) electrons. The average Bonchev–Trinajstić information content (AvgIpc) is 3.03. The molecule has 32 heavy (non-hydrogen) atoms. The molecule has 0 spiro atoms. The predicted molar refractivity (Wildman–Crippen MR) is 141 cm³/mol. The summed E-state index contributed by atoms with van der Waals surface area (Å²) in [5, 5.41) is 8.03. The van der Waals surface area contributed by atoms with Crippen molar-refractivity contribution in [3.63, 3.8) is 0 Å². The maximum absolute atomic E-state index is 3.67. The third-order valence-corrected chi connectivity index (χ3v) is 7.97. The average molecular weight is 473 g/mol. The normalized spacial score (nSPS) is 14.3. The fourth-order valence-corrected chi connectivity index (χ4v) is 6.23. The Bertz CT molecular complexity index is 1690. The second-order valence-electron chi connectivity index (χ2n) is 9.54. The Morgan fingerprint density at radius 1 is 0.562 bits per heavy atom. The Morgan fingerprint density at radius 3 is 1.94 bits per heavy atom. The molecule has 0 atom stereocenters. The first kappa shape index (κ1) is 18.4. The van der Waals surface area contributed by atoms with E-state index in [9.17, 15) is 0 Å². The molecule has 0 bridgehead atoms. The maximum Gasteiger partial charge on any atom is 0.0178 e. The summed E-state index contributed by atoms with van der Waals surface area (Å²) in [7, 11) is 0. The highest BCUT2D eigenvalue weighted by atomic mass is 79.9. The minimum absolute atomic E-state index is 0.0196. The molecule has 0 amide bonds. The molecule has 6 aromatic carbocycles. The summed E-state index contributed by atoms with van der Waals surface area (Å²) < 4.78 is 1.14. The zero-order valence-electron chi connectivity index (χ0n) is 18.0. The summed E-state index contributed by atoms with van der Waals surface area (Å²) in [5.74, 6) is 0. The van der Waals surface area contributed by atoms with Crippen LogP contribution >= 0.6 is 15.9 Å². The highest BCUT2D eigenvalue weighted by Crippen LogP contribution is 2.51. The van der Waals surface area contributed by atoms with Crippen LogP contribution in [0, 0.1) is 0 Å². The van der Waals surface area contributed by atoms with Crippen LogP contribution in [0.25, 0.3) is 54.6 Å². The van der Waals surface area contributed by atoms with Crippen LogP contribution in [0.5, 0.6) is 0 Å². The van der Waals surface area contributed by atoms with Gasteiger partial charge in [0.05, 0.1) is 0 Å². The van der Waals surface area contributed by atoms with Crippen molar-refractivity contribution in [2.24, 2.45) is 0 Å². The van der Waals surface area contributed by atoms with Crippen LogP contribution in [0.15, 0.2) is 95.5 Å². The molecule has 1 aliphatic carbocycles. The lowest BCUT2D eigenvalue weighted by molar-refractivity contribution is 0.660. The van der Waals surface area contributed by atoms with Gasteiger partial charge in [-0.25, -0.2) is 0 Å². The van der Waals surface area contributed by atoms with E-state index in [-0.39, 0.29) is 5.41 Å². The van der Waals surface area contributed by atoms with Crippen molar-refractivity contribution in [2.75, 3.05) is 0 Å². The van der Waals surface area contributed by atoms with E-state index in [1.807, 2.05) is 0 Å². The van der Waals surface area contributed by atoms with E-state index in [1.54, 1.807) is 0 Å². The first-order chi connectivity index (χ1) is 15.5. The van der Waals surface area contributed by atoms with Gasteiger partial charge >= 0.3 is 0 Å². The molecular formula is C31H21Br. The molecule has 0 aliphatic heterocycles. The van der Waals surface area contributed by atoms with Crippen molar-refractivity contribution in [3.8, 4) is 22.3 Å². The maximum atomic E-state index is 3.67. The molecule has 152 valence electrons. The standard InChI is InChI=1S/C31H21Br/c1-31(2)27-16-21(10-13-24(27)25-15-11-22(32)17-28(25)31)23-12-8-20-7-6-18-4-3-5-19-9-14-26(23)30(20)29(18)19/h3-17H,1-2H3. The topological polar surface area (TPSA) is 0 Å². The van der Waals surface area contributed by atoms with Crippen molar-refractivity contribution in [1.82, 2.24) is 0 Å². The van der Waals surface area contributed by atoms with Crippen LogP contribution in [-0.4, -0.2) is 0 Å². The minimum Gasteiger partial charge on any atom is -0.0610 e. The molecule has 0 saturated carbocycles. The first-order valence-electron chi connectivity index (χ1n) is 11.1. The highest BCUT2D eigenvalue weighted by molar-refractivity contribution is 9.10. The Hall–Kier alpha value is -3.16. The van der Waals surface area contributed by atoms with E-state index in [4.69, 9.17) is 0 Å². The summed E-state index contributed by atoms with van der Waals surface area (Å²) in [6, 6.07) is 34.0. The Morgan fingerprint density at radius 2 is 1.16 bits per heavy atom. The second-order valence-corrected chi connectivity index (χ2v) is 10.5. The van der Waals surface area contributed by atoms with Gasteiger partial charge in [-0.3, -0.25) is 0 Å². The SMILES string of the molecule is CC1(C)c2cc(Br)ccc2-c2ccc(-c3ccc4ccc5cccc6ccc3c4c56)cc21. The molecule has 1 aliphatic rings. The van der Waals surface area contributed by atoms with Gasteiger partial charge in [-0.1, -0.05) is 103 Å². The van der Waals surface area contributed by atoms with Gasteiger partial charge in [0.15, 0.2) is 0 Å². The van der Waals surface area contributed by atoms with Gasteiger partial charge in [-0.15, -0.1) is 0 Å². The van der Waals surface area contributed by atoms with Gasteiger partial charge < -0.3 is 0 Å². The van der Waals surface area contributed by atoms with Gasteiger partial charge in [-0.2, -0.15) is 0 Å². The van der Waals surface area contributed by atoms with E-state index in [2.05, 4.69) is 121 Å². The van der Waals surface area contributed by atoms with E-state index in [0.717, 1.165) is 4.47 Å². The molecule has 0 fully saturated rings. The van der Waals surface area contributed by atoms with E-state index in [1.165, 1.54) is 65.7 Å². The van der Waals surface area contributed by atoms with Gasteiger partial charge in [0.2, 0.25) is 0 Å². The van der Waals surface area contributed by atoms with E-state index < -0.39 is 0 Å². The van der Waals surface area contributed by atoms with Gasteiger partial charge in [0.1, 0.15) is 0 Å². The van der Waals surface area contributed by atoms with Crippen molar-refractivity contribution in [2.45, 2.75) is 19.3 Å².